The molecule has 0 aliphatic rings. The molecule has 0 aliphatic heterocycles. The normalized spacial score (nSPS) is 12.1. The standard InChI is InChI=1S/C63H118O6/c1-4-7-10-13-16-19-22-25-28-30-32-34-35-38-41-44-47-50-53-56-62(65)68-59-60(58-67-61(64)55-52-49-46-43-40-37-27-24-21-18-15-12-9-6-3)69-63(66)57-54-51-48-45-42-39-36-33-31-29-26-23-20-17-14-11-8-5-2/h29,31,33,36,60H,4-28,30,32,34-35,37-59H2,1-3H3/b31-29-,36-33-. The zero-order valence-electron chi connectivity index (χ0n) is 46.6. The van der Waals surface area contributed by atoms with Gasteiger partial charge in [-0.05, 0) is 44.9 Å². The average molecular weight is 972 g/mol. The van der Waals surface area contributed by atoms with E-state index in [-0.39, 0.29) is 31.1 Å². The fraction of sp³-hybridized carbons (Fsp3) is 0.889. The third-order valence-corrected chi connectivity index (χ3v) is 14.0. The molecule has 6 nitrogen and oxygen atoms in total. The molecule has 0 aromatic rings. The van der Waals surface area contributed by atoms with Gasteiger partial charge in [0.2, 0.25) is 0 Å². The van der Waals surface area contributed by atoms with Crippen LogP contribution in [-0.2, 0) is 28.6 Å². The molecule has 1 unspecified atom stereocenters. The third-order valence-electron chi connectivity index (χ3n) is 14.0. The van der Waals surface area contributed by atoms with Gasteiger partial charge in [-0.25, -0.2) is 0 Å². The topological polar surface area (TPSA) is 78.9 Å². The lowest BCUT2D eigenvalue weighted by Gasteiger charge is -2.18. The van der Waals surface area contributed by atoms with E-state index in [0.717, 1.165) is 77.0 Å². The second kappa shape index (κ2) is 58.5. The molecule has 0 saturated carbocycles. The van der Waals surface area contributed by atoms with Crippen molar-refractivity contribution in [1.29, 1.82) is 0 Å². The van der Waals surface area contributed by atoms with Crippen LogP contribution in [0.4, 0.5) is 0 Å². The van der Waals surface area contributed by atoms with Crippen LogP contribution in [0.15, 0.2) is 24.3 Å². The SMILES string of the molecule is CCCCCCCCC/C=C\C=C/CCCCCCCC(=O)OC(COC(=O)CCCCCCCCCCCCCCCC)COC(=O)CCCCCCCCCCCCCCCCCCCCC. The van der Waals surface area contributed by atoms with Crippen molar-refractivity contribution in [1.82, 2.24) is 0 Å². The molecule has 69 heavy (non-hydrogen) atoms. The first-order chi connectivity index (χ1) is 34.0. The molecule has 6 heteroatoms. The van der Waals surface area contributed by atoms with Crippen LogP contribution in [0, 0.1) is 0 Å². The van der Waals surface area contributed by atoms with E-state index in [9.17, 15) is 14.4 Å². The lowest BCUT2D eigenvalue weighted by atomic mass is 10.0. The van der Waals surface area contributed by atoms with Gasteiger partial charge in [-0.15, -0.1) is 0 Å². The van der Waals surface area contributed by atoms with Gasteiger partial charge in [-0.2, -0.15) is 0 Å². The number of unbranched alkanes of at least 4 members (excludes halogenated alkanes) is 43. The summed E-state index contributed by atoms with van der Waals surface area (Å²) in [5, 5.41) is 0. The van der Waals surface area contributed by atoms with Crippen molar-refractivity contribution in [3.8, 4) is 0 Å². The van der Waals surface area contributed by atoms with Gasteiger partial charge in [-0.3, -0.25) is 14.4 Å². The molecule has 0 amide bonds. The summed E-state index contributed by atoms with van der Waals surface area (Å²) in [7, 11) is 0. The van der Waals surface area contributed by atoms with Crippen molar-refractivity contribution in [3.63, 3.8) is 0 Å². The minimum atomic E-state index is -0.775. The highest BCUT2D eigenvalue weighted by Gasteiger charge is 2.19. The van der Waals surface area contributed by atoms with E-state index < -0.39 is 6.10 Å². The van der Waals surface area contributed by atoms with Gasteiger partial charge in [0.1, 0.15) is 13.2 Å². The Hall–Kier alpha value is -2.11. The molecule has 0 N–H and O–H groups in total. The lowest BCUT2D eigenvalue weighted by Crippen LogP contribution is -2.30. The Morgan fingerprint density at radius 2 is 0.507 bits per heavy atom. The van der Waals surface area contributed by atoms with Crippen molar-refractivity contribution in [2.75, 3.05) is 13.2 Å². The van der Waals surface area contributed by atoms with Crippen LogP contribution >= 0.6 is 0 Å². The smallest absolute Gasteiger partial charge is 0.306 e. The Labute approximate surface area is 430 Å². The highest BCUT2D eigenvalue weighted by Crippen LogP contribution is 2.17. The number of ether oxygens (including phenoxy) is 3. The molecule has 0 spiro atoms. The number of hydrogen-bond donors (Lipinski definition) is 0. The van der Waals surface area contributed by atoms with Crippen LogP contribution in [0.5, 0.6) is 0 Å². The maximum absolute atomic E-state index is 12.9. The molecule has 0 fully saturated rings. The minimum Gasteiger partial charge on any atom is -0.462 e. The van der Waals surface area contributed by atoms with Crippen LogP contribution in [-0.4, -0.2) is 37.2 Å². The van der Waals surface area contributed by atoms with Crippen LogP contribution in [0.2, 0.25) is 0 Å². The Morgan fingerprint density at radius 1 is 0.290 bits per heavy atom. The second-order valence-electron chi connectivity index (χ2n) is 21.0. The zero-order chi connectivity index (χ0) is 50.0. The highest BCUT2D eigenvalue weighted by molar-refractivity contribution is 5.71. The van der Waals surface area contributed by atoms with E-state index in [1.807, 2.05) is 0 Å². The summed E-state index contributed by atoms with van der Waals surface area (Å²) >= 11 is 0. The predicted octanol–water partition coefficient (Wildman–Crippen LogP) is 20.7. The van der Waals surface area contributed by atoms with Gasteiger partial charge < -0.3 is 14.2 Å². The van der Waals surface area contributed by atoms with Crippen molar-refractivity contribution in [2.45, 2.75) is 348 Å². The summed E-state index contributed by atoms with van der Waals surface area (Å²) in [6.45, 7) is 6.69. The van der Waals surface area contributed by atoms with E-state index in [2.05, 4.69) is 45.1 Å². The minimum absolute atomic E-state index is 0.0718. The first-order valence-corrected chi connectivity index (χ1v) is 30.9. The monoisotopic (exact) mass is 971 g/mol. The van der Waals surface area contributed by atoms with Gasteiger partial charge in [0.25, 0.3) is 0 Å². The average Bonchev–Trinajstić information content (AvgIpc) is 3.35. The van der Waals surface area contributed by atoms with Gasteiger partial charge >= 0.3 is 17.9 Å². The first-order valence-electron chi connectivity index (χ1n) is 30.9. The zero-order valence-corrected chi connectivity index (χ0v) is 46.6. The molecule has 0 heterocycles. The molecule has 0 radical (unpaired) electrons. The Kier molecular flexibility index (Phi) is 56.7. The Bertz CT molecular complexity index is 1110. The number of esters is 3. The fourth-order valence-electron chi connectivity index (χ4n) is 9.32. The summed E-state index contributed by atoms with van der Waals surface area (Å²) in [4.78, 5) is 38.2. The Morgan fingerprint density at radius 3 is 0.768 bits per heavy atom. The van der Waals surface area contributed by atoms with E-state index >= 15 is 0 Å². The summed E-state index contributed by atoms with van der Waals surface area (Å²) in [5.41, 5.74) is 0. The lowest BCUT2D eigenvalue weighted by molar-refractivity contribution is -0.167. The largest absolute Gasteiger partial charge is 0.462 e. The molecule has 0 bridgehead atoms. The highest BCUT2D eigenvalue weighted by atomic mass is 16.6. The second-order valence-corrected chi connectivity index (χ2v) is 21.0. The summed E-state index contributed by atoms with van der Waals surface area (Å²) in [6, 6.07) is 0. The summed E-state index contributed by atoms with van der Waals surface area (Å²) in [6.07, 6.45) is 68.9. The number of hydrogen-bond acceptors (Lipinski definition) is 6. The van der Waals surface area contributed by atoms with E-state index in [4.69, 9.17) is 14.2 Å². The number of carbonyl (C=O) groups is 3. The number of allylic oxidation sites excluding steroid dienone is 4. The quantitative estimate of drug-likeness (QED) is 0.0261. The van der Waals surface area contributed by atoms with Gasteiger partial charge in [0.15, 0.2) is 6.10 Å². The molecule has 0 aromatic carbocycles. The molecule has 1 atom stereocenters. The molecule has 406 valence electrons. The molecule has 0 aliphatic carbocycles. The molecular formula is C63H118O6. The van der Waals surface area contributed by atoms with E-state index in [1.165, 1.54) is 225 Å². The van der Waals surface area contributed by atoms with Gasteiger partial charge in [-0.1, -0.05) is 302 Å². The summed E-state index contributed by atoms with van der Waals surface area (Å²) in [5.74, 6) is -0.861. The van der Waals surface area contributed by atoms with Crippen LogP contribution < -0.4 is 0 Å². The third kappa shape index (κ3) is 56.7. The van der Waals surface area contributed by atoms with Crippen molar-refractivity contribution < 1.29 is 28.6 Å². The van der Waals surface area contributed by atoms with Crippen LogP contribution in [0.25, 0.3) is 0 Å². The number of rotatable bonds is 57. The van der Waals surface area contributed by atoms with Crippen molar-refractivity contribution in [3.05, 3.63) is 24.3 Å². The van der Waals surface area contributed by atoms with Crippen LogP contribution in [0.1, 0.15) is 342 Å². The maximum atomic E-state index is 12.9. The van der Waals surface area contributed by atoms with Gasteiger partial charge in [0, 0.05) is 19.3 Å². The molecular weight excluding hydrogens is 853 g/mol. The molecule has 0 saturated heterocycles. The predicted molar refractivity (Wildman–Crippen MR) is 298 cm³/mol. The van der Waals surface area contributed by atoms with Crippen molar-refractivity contribution >= 4 is 17.9 Å². The molecule has 0 rings (SSSR count). The van der Waals surface area contributed by atoms with E-state index in [1.54, 1.807) is 0 Å². The fourth-order valence-corrected chi connectivity index (χ4v) is 9.32. The Balaban J connectivity index is 4.33. The first kappa shape index (κ1) is 66.9. The van der Waals surface area contributed by atoms with Crippen LogP contribution in [0.3, 0.4) is 0 Å². The number of carbonyl (C=O) groups excluding carboxylic acids is 3. The summed E-state index contributed by atoms with van der Waals surface area (Å²) < 4.78 is 16.9. The van der Waals surface area contributed by atoms with E-state index in [0.29, 0.717) is 19.3 Å². The molecule has 0 aromatic heterocycles. The van der Waals surface area contributed by atoms with Crippen molar-refractivity contribution in [2.24, 2.45) is 0 Å². The maximum Gasteiger partial charge on any atom is 0.306 e. The van der Waals surface area contributed by atoms with Gasteiger partial charge in [0.05, 0.1) is 0 Å².